The first-order valence-electron chi connectivity index (χ1n) is 10.6. The van der Waals surface area contributed by atoms with E-state index in [0.29, 0.717) is 40.9 Å². The molecule has 2 aromatic carbocycles. The molecular formula is C23H28FN5O3. The van der Waals surface area contributed by atoms with Gasteiger partial charge in [-0.1, -0.05) is 18.2 Å². The van der Waals surface area contributed by atoms with E-state index in [1.54, 1.807) is 32.4 Å². The van der Waals surface area contributed by atoms with Crippen molar-refractivity contribution < 1.29 is 18.6 Å². The van der Waals surface area contributed by atoms with Gasteiger partial charge in [0, 0.05) is 49.7 Å². The smallest absolute Gasteiger partial charge is 0.225 e. The molecule has 0 aliphatic carbocycles. The number of rotatable bonds is 9. The standard InChI is InChI=1S/C23H28FN5O3/c1-30-20-13-17-19(14-21(20)31-2)27-23(26-15-16-5-3-4-6-18(16)24)28-22(17)25-7-8-29-9-11-32-12-10-29/h3-6,13-14H,7-12,15H2,1-2H3,(H2,25,26,27,28). The number of fused-ring (bicyclic) bond motifs is 1. The predicted molar refractivity (Wildman–Crippen MR) is 122 cm³/mol. The predicted octanol–water partition coefficient (Wildman–Crippen LogP) is 3.14. The summed E-state index contributed by atoms with van der Waals surface area (Å²) in [7, 11) is 3.18. The van der Waals surface area contributed by atoms with E-state index in [1.165, 1.54) is 6.07 Å². The first kappa shape index (κ1) is 22.0. The van der Waals surface area contributed by atoms with Crippen molar-refractivity contribution in [3.63, 3.8) is 0 Å². The molecule has 170 valence electrons. The molecule has 1 fully saturated rings. The second-order valence-corrected chi connectivity index (χ2v) is 7.45. The number of halogens is 1. The quantitative estimate of drug-likeness (QED) is 0.524. The minimum atomic E-state index is -0.268. The highest BCUT2D eigenvalue weighted by atomic mass is 19.1. The monoisotopic (exact) mass is 441 g/mol. The van der Waals surface area contributed by atoms with Crippen LogP contribution in [0.4, 0.5) is 16.2 Å². The molecule has 3 aromatic rings. The summed E-state index contributed by atoms with van der Waals surface area (Å²) in [5.41, 5.74) is 1.24. The van der Waals surface area contributed by atoms with Gasteiger partial charge in [-0.25, -0.2) is 9.37 Å². The molecule has 0 saturated carbocycles. The molecule has 0 radical (unpaired) electrons. The molecular weight excluding hydrogens is 413 g/mol. The maximum atomic E-state index is 14.0. The SMILES string of the molecule is COc1cc2nc(NCc3ccccc3F)nc(NCCN3CCOCC3)c2cc1OC. The summed E-state index contributed by atoms with van der Waals surface area (Å²) >= 11 is 0. The number of anilines is 2. The van der Waals surface area contributed by atoms with Crippen LogP contribution >= 0.6 is 0 Å². The Morgan fingerprint density at radius 2 is 1.78 bits per heavy atom. The van der Waals surface area contributed by atoms with Crippen LogP contribution in [0.2, 0.25) is 0 Å². The largest absolute Gasteiger partial charge is 0.493 e. The second-order valence-electron chi connectivity index (χ2n) is 7.45. The van der Waals surface area contributed by atoms with Crippen LogP contribution in [0.15, 0.2) is 36.4 Å². The highest BCUT2D eigenvalue weighted by Gasteiger charge is 2.15. The number of nitrogens with zero attached hydrogens (tertiary/aromatic N) is 3. The van der Waals surface area contributed by atoms with Gasteiger partial charge in [0.15, 0.2) is 11.5 Å². The molecule has 8 nitrogen and oxygen atoms in total. The third kappa shape index (κ3) is 5.17. The molecule has 1 aliphatic heterocycles. The van der Waals surface area contributed by atoms with E-state index in [9.17, 15) is 4.39 Å². The molecule has 0 bridgehead atoms. The molecule has 9 heteroatoms. The van der Waals surface area contributed by atoms with Crippen molar-refractivity contribution in [2.24, 2.45) is 0 Å². The van der Waals surface area contributed by atoms with Gasteiger partial charge in [0.1, 0.15) is 11.6 Å². The van der Waals surface area contributed by atoms with Crippen LogP contribution in [-0.2, 0) is 11.3 Å². The van der Waals surface area contributed by atoms with Crippen LogP contribution in [0.1, 0.15) is 5.56 Å². The first-order chi connectivity index (χ1) is 15.7. The Hall–Kier alpha value is -3.17. The molecule has 0 unspecified atom stereocenters. The van der Waals surface area contributed by atoms with Crippen molar-refractivity contribution in [3.05, 3.63) is 47.8 Å². The van der Waals surface area contributed by atoms with Gasteiger partial charge in [0.2, 0.25) is 5.95 Å². The minimum absolute atomic E-state index is 0.268. The highest BCUT2D eigenvalue weighted by Crippen LogP contribution is 2.34. The molecule has 1 saturated heterocycles. The molecule has 32 heavy (non-hydrogen) atoms. The Morgan fingerprint density at radius 1 is 1.03 bits per heavy atom. The zero-order valence-electron chi connectivity index (χ0n) is 18.4. The summed E-state index contributed by atoms with van der Waals surface area (Å²) in [6.07, 6.45) is 0. The maximum absolute atomic E-state index is 14.0. The van der Waals surface area contributed by atoms with Gasteiger partial charge < -0.3 is 24.8 Å². The van der Waals surface area contributed by atoms with E-state index in [-0.39, 0.29) is 12.4 Å². The normalized spacial score (nSPS) is 14.3. The first-order valence-corrected chi connectivity index (χ1v) is 10.6. The Labute approximate surface area is 186 Å². The van der Waals surface area contributed by atoms with Crippen LogP contribution in [0.25, 0.3) is 10.9 Å². The van der Waals surface area contributed by atoms with Crippen LogP contribution in [0.3, 0.4) is 0 Å². The van der Waals surface area contributed by atoms with Crippen molar-refractivity contribution in [2.45, 2.75) is 6.54 Å². The van der Waals surface area contributed by atoms with Gasteiger partial charge in [0.05, 0.1) is 33.0 Å². The van der Waals surface area contributed by atoms with Crippen LogP contribution in [0, 0.1) is 5.82 Å². The van der Waals surface area contributed by atoms with Crippen LogP contribution in [-0.4, -0.2) is 68.5 Å². The summed E-state index contributed by atoms with van der Waals surface area (Å²) in [5.74, 6) is 2.00. The molecule has 0 amide bonds. The van der Waals surface area contributed by atoms with E-state index in [1.807, 2.05) is 12.1 Å². The molecule has 0 spiro atoms. The van der Waals surface area contributed by atoms with Crippen molar-refractivity contribution in [1.82, 2.24) is 14.9 Å². The number of methoxy groups -OCH3 is 2. The molecule has 2 heterocycles. The fourth-order valence-corrected chi connectivity index (χ4v) is 3.64. The third-order valence-electron chi connectivity index (χ3n) is 5.42. The topological polar surface area (TPSA) is 80.8 Å². The van der Waals surface area contributed by atoms with Crippen molar-refractivity contribution in [2.75, 3.05) is 64.2 Å². The second kappa shape index (κ2) is 10.4. The molecule has 0 atom stereocenters. The molecule has 2 N–H and O–H groups in total. The number of morpholine rings is 1. The molecule has 4 rings (SSSR count). The van der Waals surface area contributed by atoms with Crippen molar-refractivity contribution >= 4 is 22.7 Å². The molecule has 1 aromatic heterocycles. The van der Waals surface area contributed by atoms with E-state index in [4.69, 9.17) is 14.2 Å². The lowest BCUT2D eigenvalue weighted by atomic mass is 10.2. The van der Waals surface area contributed by atoms with E-state index < -0.39 is 0 Å². The lowest BCUT2D eigenvalue weighted by Gasteiger charge is -2.26. The minimum Gasteiger partial charge on any atom is -0.493 e. The number of hydrogen-bond acceptors (Lipinski definition) is 8. The Morgan fingerprint density at radius 3 is 2.53 bits per heavy atom. The Kier molecular flexibility index (Phi) is 7.18. The van der Waals surface area contributed by atoms with Crippen molar-refractivity contribution in [1.29, 1.82) is 0 Å². The summed E-state index contributed by atoms with van der Waals surface area (Å²) in [6, 6.07) is 10.3. The fourth-order valence-electron chi connectivity index (χ4n) is 3.64. The van der Waals surface area contributed by atoms with Crippen LogP contribution < -0.4 is 20.1 Å². The van der Waals surface area contributed by atoms with E-state index in [0.717, 1.165) is 38.2 Å². The Bertz CT molecular complexity index is 1060. The fraction of sp³-hybridized carbons (Fsp3) is 0.391. The van der Waals surface area contributed by atoms with E-state index >= 15 is 0 Å². The van der Waals surface area contributed by atoms with Gasteiger partial charge >= 0.3 is 0 Å². The molecule has 1 aliphatic rings. The average molecular weight is 442 g/mol. The zero-order valence-corrected chi connectivity index (χ0v) is 18.4. The van der Waals surface area contributed by atoms with E-state index in [2.05, 4.69) is 25.5 Å². The summed E-state index contributed by atoms with van der Waals surface area (Å²) in [5, 5.41) is 7.39. The summed E-state index contributed by atoms with van der Waals surface area (Å²) < 4.78 is 30.3. The van der Waals surface area contributed by atoms with Crippen molar-refractivity contribution in [3.8, 4) is 11.5 Å². The zero-order chi connectivity index (χ0) is 22.3. The van der Waals surface area contributed by atoms with Gasteiger partial charge in [0.25, 0.3) is 0 Å². The average Bonchev–Trinajstić information content (AvgIpc) is 2.83. The highest BCUT2D eigenvalue weighted by molar-refractivity contribution is 5.92. The summed E-state index contributed by atoms with van der Waals surface area (Å²) in [4.78, 5) is 11.6. The Balaban J connectivity index is 1.59. The number of aromatic nitrogens is 2. The lowest BCUT2D eigenvalue weighted by Crippen LogP contribution is -2.39. The van der Waals surface area contributed by atoms with Gasteiger partial charge in [-0.2, -0.15) is 4.98 Å². The summed E-state index contributed by atoms with van der Waals surface area (Å²) in [6.45, 7) is 5.24. The number of benzene rings is 2. The van der Waals surface area contributed by atoms with Gasteiger partial charge in [-0.05, 0) is 12.1 Å². The van der Waals surface area contributed by atoms with Crippen LogP contribution in [0.5, 0.6) is 11.5 Å². The number of nitrogens with one attached hydrogen (secondary N) is 2. The number of ether oxygens (including phenoxy) is 3. The number of hydrogen-bond donors (Lipinski definition) is 2. The third-order valence-corrected chi connectivity index (χ3v) is 5.42. The van der Waals surface area contributed by atoms with Gasteiger partial charge in [-0.3, -0.25) is 4.90 Å². The maximum Gasteiger partial charge on any atom is 0.225 e. The lowest BCUT2D eigenvalue weighted by molar-refractivity contribution is 0.0398. The van der Waals surface area contributed by atoms with Gasteiger partial charge in [-0.15, -0.1) is 0 Å².